The summed E-state index contributed by atoms with van der Waals surface area (Å²) in [5, 5.41) is 12.5. The van der Waals surface area contributed by atoms with E-state index in [1.165, 1.54) is 0 Å². The predicted octanol–water partition coefficient (Wildman–Crippen LogP) is 1.40. The Balaban J connectivity index is 1.69. The van der Waals surface area contributed by atoms with E-state index >= 15 is 0 Å². The molecule has 2 heterocycles. The number of rotatable bonds is 6. The number of hydrogen-bond acceptors (Lipinski definition) is 5. The van der Waals surface area contributed by atoms with Crippen molar-refractivity contribution in [3.63, 3.8) is 0 Å². The molecular weight excluding hydrogens is 320 g/mol. The van der Waals surface area contributed by atoms with Gasteiger partial charge in [-0.3, -0.25) is 14.5 Å². The number of piperidine rings is 1. The summed E-state index contributed by atoms with van der Waals surface area (Å²) in [4.78, 5) is 34.8. The third kappa shape index (κ3) is 4.75. The third-order valence-corrected chi connectivity index (χ3v) is 4.80. The topological polar surface area (TPSA) is 95.4 Å². The van der Waals surface area contributed by atoms with Crippen molar-refractivity contribution in [3.8, 4) is 0 Å². The molecule has 25 heavy (non-hydrogen) atoms. The number of carbonyl (C=O) groups excluding carboxylic acids is 1. The average molecular weight is 346 g/mol. The molecule has 2 N–H and O–H groups in total. The van der Waals surface area contributed by atoms with E-state index in [0.717, 1.165) is 24.4 Å². The lowest BCUT2D eigenvalue weighted by atomic mass is 9.88. The summed E-state index contributed by atoms with van der Waals surface area (Å²) in [5.74, 6) is -0.613. The molecule has 2 aliphatic rings. The van der Waals surface area contributed by atoms with Crippen LogP contribution in [-0.4, -0.2) is 51.0 Å². The molecule has 1 saturated carbocycles. The number of aromatic nitrogens is 2. The fourth-order valence-corrected chi connectivity index (χ4v) is 3.24. The number of hydrogen-bond donors (Lipinski definition) is 2. The van der Waals surface area contributed by atoms with Crippen LogP contribution < -0.4 is 5.32 Å². The minimum atomic E-state index is -0.834. The molecule has 2 fully saturated rings. The first kappa shape index (κ1) is 17.8. The molecule has 0 bridgehead atoms. The molecule has 0 unspecified atom stereocenters. The van der Waals surface area contributed by atoms with E-state index in [0.29, 0.717) is 32.1 Å². The Morgan fingerprint density at radius 1 is 1.32 bits per heavy atom. The van der Waals surface area contributed by atoms with Gasteiger partial charge in [-0.15, -0.1) is 0 Å². The van der Waals surface area contributed by atoms with E-state index in [1.54, 1.807) is 6.20 Å². The van der Waals surface area contributed by atoms with Crippen molar-refractivity contribution >= 4 is 11.9 Å². The molecule has 2 atom stereocenters. The second kappa shape index (κ2) is 7.47. The summed E-state index contributed by atoms with van der Waals surface area (Å²) in [5.41, 5.74) is 0.867. The number of aliphatic carboxylic acids is 1. The highest BCUT2D eigenvalue weighted by Crippen LogP contribution is 2.26. The molecule has 7 nitrogen and oxygen atoms in total. The molecule has 136 valence electrons. The van der Waals surface area contributed by atoms with Crippen LogP contribution in [0, 0.1) is 11.8 Å². The predicted molar refractivity (Wildman–Crippen MR) is 91.8 cm³/mol. The van der Waals surface area contributed by atoms with E-state index in [2.05, 4.69) is 15.3 Å². The Bertz CT molecular complexity index is 645. The van der Waals surface area contributed by atoms with Gasteiger partial charge in [0.1, 0.15) is 5.82 Å². The summed E-state index contributed by atoms with van der Waals surface area (Å²) in [6.45, 7) is 5.64. The number of carboxylic acid groups (broad SMARTS) is 1. The second-order valence-electron chi connectivity index (χ2n) is 7.51. The molecular formula is C18H26N4O3. The number of nitrogens with zero attached hydrogens (tertiary/aromatic N) is 3. The highest BCUT2D eigenvalue weighted by Gasteiger charge is 2.36. The Hall–Kier alpha value is -2.02. The Kier molecular flexibility index (Phi) is 5.32. The lowest BCUT2D eigenvalue weighted by Crippen LogP contribution is -2.48. The molecule has 0 spiro atoms. The standard InChI is InChI=1S/C18H26N4O3/c1-11(2)16-19-6-5-15(20-16)10-22-8-12(7-13(9-22)18(24)25)17(23)21-14-3-4-14/h5-6,11-14H,3-4,7-10H2,1-2H3,(H,21,23)(H,24,25)/t12-,13-/m0/s1. The van der Waals surface area contributed by atoms with Gasteiger partial charge in [-0.2, -0.15) is 0 Å². The molecule has 1 aliphatic carbocycles. The van der Waals surface area contributed by atoms with Crippen molar-refractivity contribution in [3.05, 3.63) is 23.8 Å². The highest BCUT2D eigenvalue weighted by molar-refractivity contribution is 5.81. The average Bonchev–Trinajstić information content (AvgIpc) is 3.38. The molecule has 3 rings (SSSR count). The molecule has 1 aromatic heterocycles. The first-order valence-electron chi connectivity index (χ1n) is 8.99. The zero-order valence-corrected chi connectivity index (χ0v) is 14.8. The monoisotopic (exact) mass is 346 g/mol. The van der Waals surface area contributed by atoms with Crippen LogP contribution >= 0.6 is 0 Å². The Labute approximate surface area is 147 Å². The van der Waals surface area contributed by atoms with Crippen molar-refractivity contribution in [1.82, 2.24) is 20.2 Å². The van der Waals surface area contributed by atoms with Crippen LogP contribution in [0.5, 0.6) is 0 Å². The SMILES string of the molecule is CC(C)c1nccc(CN2C[C@@H](C(=O)O)C[C@H](C(=O)NC3CC3)C2)n1. The van der Waals surface area contributed by atoms with Gasteiger partial charge < -0.3 is 10.4 Å². The van der Waals surface area contributed by atoms with Gasteiger partial charge >= 0.3 is 5.97 Å². The molecule has 1 aliphatic heterocycles. The van der Waals surface area contributed by atoms with Crippen molar-refractivity contribution in [2.75, 3.05) is 13.1 Å². The van der Waals surface area contributed by atoms with Gasteiger partial charge in [0.2, 0.25) is 5.91 Å². The first-order valence-corrected chi connectivity index (χ1v) is 8.99. The minimum Gasteiger partial charge on any atom is -0.481 e. The van der Waals surface area contributed by atoms with Gasteiger partial charge in [0.15, 0.2) is 0 Å². The fourth-order valence-electron chi connectivity index (χ4n) is 3.24. The number of nitrogens with one attached hydrogen (secondary N) is 1. The van der Waals surface area contributed by atoms with Gasteiger partial charge in [-0.25, -0.2) is 9.97 Å². The maximum atomic E-state index is 12.4. The van der Waals surface area contributed by atoms with Crippen LogP contribution in [-0.2, 0) is 16.1 Å². The fraction of sp³-hybridized carbons (Fsp3) is 0.667. The molecule has 1 aromatic rings. The van der Waals surface area contributed by atoms with Crippen molar-refractivity contribution in [2.24, 2.45) is 11.8 Å². The summed E-state index contributed by atoms with van der Waals surface area (Å²) < 4.78 is 0. The number of amides is 1. The van der Waals surface area contributed by atoms with Gasteiger partial charge in [0.25, 0.3) is 0 Å². The van der Waals surface area contributed by atoms with Crippen LogP contribution in [0.15, 0.2) is 12.3 Å². The summed E-state index contributed by atoms with van der Waals surface area (Å²) >= 11 is 0. The maximum absolute atomic E-state index is 12.4. The first-order chi connectivity index (χ1) is 11.9. The molecule has 7 heteroatoms. The zero-order chi connectivity index (χ0) is 18.0. The van der Waals surface area contributed by atoms with Gasteiger partial charge in [-0.1, -0.05) is 13.8 Å². The molecule has 1 amide bonds. The number of likely N-dealkylation sites (tertiary alicyclic amines) is 1. The van der Waals surface area contributed by atoms with Crippen LogP contribution in [0.3, 0.4) is 0 Å². The summed E-state index contributed by atoms with van der Waals surface area (Å²) in [6, 6.07) is 2.15. The lowest BCUT2D eigenvalue weighted by Gasteiger charge is -2.35. The number of carbonyl (C=O) groups is 2. The van der Waals surface area contributed by atoms with E-state index in [1.807, 2.05) is 24.8 Å². The van der Waals surface area contributed by atoms with Crippen molar-refractivity contribution in [1.29, 1.82) is 0 Å². The Morgan fingerprint density at radius 2 is 2.04 bits per heavy atom. The van der Waals surface area contributed by atoms with E-state index in [-0.39, 0.29) is 17.7 Å². The second-order valence-corrected chi connectivity index (χ2v) is 7.51. The van der Waals surface area contributed by atoms with Crippen molar-refractivity contribution in [2.45, 2.75) is 51.6 Å². The summed E-state index contributed by atoms with van der Waals surface area (Å²) in [6.07, 6.45) is 4.21. The quantitative estimate of drug-likeness (QED) is 0.808. The lowest BCUT2D eigenvalue weighted by molar-refractivity contribution is -0.145. The largest absolute Gasteiger partial charge is 0.481 e. The van der Waals surface area contributed by atoms with Crippen LogP contribution in [0.2, 0.25) is 0 Å². The smallest absolute Gasteiger partial charge is 0.307 e. The number of carboxylic acids is 1. The normalized spacial score (nSPS) is 24.3. The maximum Gasteiger partial charge on any atom is 0.307 e. The minimum absolute atomic E-state index is 0.0102. The van der Waals surface area contributed by atoms with Crippen LogP contribution in [0.4, 0.5) is 0 Å². The summed E-state index contributed by atoms with van der Waals surface area (Å²) in [7, 11) is 0. The third-order valence-electron chi connectivity index (χ3n) is 4.80. The highest BCUT2D eigenvalue weighted by atomic mass is 16.4. The van der Waals surface area contributed by atoms with Gasteiger partial charge in [0, 0.05) is 37.8 Å². The van der Waals surface area contributed by atoms with Crippen LogP contribution in [0.1, 0.15) is 50.5 Å². The Morgan fingerprint density at radius 3 is 2.68 bits per heavy atom. The van der Waals surface area contributed by atoms with Crippen LogP contribution in [0.25, 0.3) is 0 Å². The van der Waals surface area contributed by atoms with E-state index in [4.69, 9.17) is 0 Å². The van der Waals surface area contributed by atoms with Gasteiger partial charge in [0.05, 0.1) is 17.5 Å². The van der Waals surface area contributed by atoms with E-state index in [9.17, 15) is 14.7 Å². The van der Waals surface area contributed by atoms with Crippen molar-refractivity contribution < 1.29 is 14.7 Å². The zero-order valence-electron chi connectivity index (χ0n) is 14.8. The molecule has 1 saturated heterocycles. The van der Waals surface area contributed by atoms with Gasteiger partial charge in [-0.05, 0) is 25.3 Å². The molecule has 0 aromatic carbocycles. The molecule has 0 radical (unpaired) electrons. The van der Waals surface area contributed by atoms with E-state index < -0.39 is 11.9 Å².